The maximum absolute atomic E-state index is 14.2. The number of likely N-dealkylation sites (N-methyl/N-ethyl adjacent to an activating group) is 1. The first kappa shape index (κ1) is 22.1. The molecule has 6 rings (SSSR count). The van der Waals surface area contributed by atoms with E-state index in [1.165, 1.54) is 11.1 Å². The van der Waals surface area contributed by atoms with Crippen molar-refractivity contribution in [2.24, 2.45) is 0 Å². The van der Waals surface area contributed by atoms with Crippen molar-refractivity contribution >= 4 is 5.78 Å². The number of unbranched alkanes of at least 4 members (excludes halogenated alkanes) is 1. The van der Waals surface area contributed by atoms with E-state index in [0.717, 1.165) is 55.7 Å². The van der Waals surface area contributed by atoms with Gasteiger partial charge in [-0.05, 0) is 56.5 Å². The Labute approximate surface area is 202 Å². The molecule has 0 aromatic heterocycles. The summed E-state index contributed by atoms with van der Waals surface area (Å²) in [7, 11) is 3.92. The van der Waals surface area contributed by atoms with Gasteiger partial charge in [0.2, 0.25) is 0 Å². The molecule has 2 fully saturated rings. The van der Waals surface area contributed by atoms with Crippen LogP contribution < -0.4 is 9.47 Å². The molecule has 2 aliphatic carbocycles. The molecule has 1 spiro atoms. The average molecular weight is 462 g/mol. The number of ether oxygens (including phenoxy) is 3. The van der Waals surface area contributed by atoms with Gasteiger partial charge < -0.3 is 19.1 Å². The summed E-state index contributed by atoms with van der Waals surface area (Å²) in [6.07, 6.45) is 5.65. The lowest BCUT2D eigenvalue weighted by Crippen LogP contribution is -2.81. The fraction of sp³-hybridized carbons (Fsp3) is 0.552. The zero-order valence-electron chi connectivity index (χ0n) is 20.6. The van der Waals surface area contributed by atoms with Crippen molar-refractivity contribution in [3.05, 3.63) is 59.2 Å². The van der Waals surface area contributed by atoms with Gasteiger partial charge >= 0.3 is 0 Å². The van der Waals surface area contributed by atoms with Crippen molar-refractivity contribution in [3.63, 3.8) is 0 Å². The van der Waals surface area contributed by atoms with Gasteiger partial charge in [-0.2, -0.15) is 0 Å². The zero-order chi connectivity index (χ0) is 23.6. The molecule has 1 unspecified atom stereocenters. The molecule has 0 amide bonds. The number of ketones is 1. The molecule has 2 aromatic rings. The number of nitrogens with zero attached hydrogens (tertiary/aromatic N) is 1. The highest BCUT2D eigenvalue weighted by atomic mass is 16.5. The molecule has 2 aliphatic heterocycles. The lowest BCUT2D eigenvalue weighted by Gasteiger charge is -2.67. The van der Waals surface area contributed by atoms with Gasteiger partial charge in [0, 0.05) is 31.1 Å². The number of benzene rings is 2. The summed E-state index contributed by atoms with van der Waals surface area (Å²) in [6.45, 7) is 3.84. The summed E-state index contributed by atoms with van der Waals surface area (Å²) in [4.78, 5) is 16.6. The van der Waals surface area contributed by atoms with Gasteiger partial charge in [0.25, 0.3) is 0 Å². The van der Waals surface area contributed by atoms with Crippen LogP contribution in [0.5, 0.6) is 11.5 Å². The summed E-state index contributed by atoms with van der Waals surface area (Å²) in [5.74, 6) is 1.71. The molecular weight excluding hydrogens is 426 g/mol. The van der Waals surface area contributed by atoms with Crippen LogP contribution in [-0.4, -0.2) is 55.2 Å². The van der Waals surface area contributed by atoms with Gasteiger partial charge in [-0.3, -0.25) is 4.79 Å². The predicted molar refractivity (Wildman–Crippen MR) is 131 cm³/mol. The second kappa shape index (κ2) is 7.82. The molecule has 180 valence electrons. The Bertz CT molecular complexity index is 1120. The van der Waals surface area contributed by atoms with E-state index < -0.39 is 16.6 Å². The van der Waals surface area contributed by atoms with E-state index in [0.29, 0.717) is 19.4 Å². The van der Waals surface area contributed by atoms with E-state index in [-0.39, 0.29) is 11.8 Å². The highest BCUT2D eigenvalue weighted by Gasteiger charge is 2.80. The van der Waals surface area contributed by atoms with E-state index >= 15 is 0 Å². The summed E-state index contributed by atoms with van der Waals surface area (Å²) >= 11 is 0. The molecule has 0 N–H and O–H groups in total. The second-order valence-electron chi connectivity index (χ2n) is 10.6. The third-order valence-corrected chi connectivity index (χ3v) is 9.19. The topological polar surface area (TPSA) is 48.0 Å². The first-order valence-electron chi connectivity index (χ1n) is 12.8. The average Bonchev–Trinajstić information content (AvgIpc) is 3.15. The van der Waals surface area contributed by atoms with Crippen LogP contribution in [0.2, 0.25) is 0 Å². The molecule has 4 aliphatic rings. The van der Waals surface area contributed by atoms with E-state index in [2.05, 4.69) is 37.1 Å². The van der Waals surface area contributed by atoms with Crippen LogP contribution in [0.25, 0.3) is 0 Å². The molecule has 1 saturated carbocycles. The Morgan fingerprint density at radius 1 is 1.15 bits per heavy atom. The minimum atomic E-state index is -0.982. The first-order chi connectivity index (χ1) is 16.5. The summed E-state index contributed by atoms with van der Waals surface area (Å²) in [5.41, 5.74) is 1.65. The largest absolute Gasteiger partial charge is 0.493 e. The Hall–Kier alpha value is -2.37. The number of hydrogen-bond donors (Lipinski definition) is 0. The minimum Gasteiger partial charge on any atom is -0.493 e. The predicted octanol–water partition coefficient (Wildman–Crippen LogP) is 4.49. The number of piperidine rings is 1. The van der Waals surface area contributed by atoms with Crippen LogP contribution in [0, 0.1) is 0 Å². The maximum atomic E-state index is 14.2. The van der Waals surface area contributed by atoms with Crippen LogP contribution in [0.3, 0.4) is 0 Å². The molecule has 5 nitrogen and oxygen atoms in total. The van der Waals surface area contributed by atoms with Crippen LogP contribution in [-0.2, 0) is 27.8 Å². The molecule has 5 heteroatoms. The van der Waals surface area contributed by atoms with Gasteiger partial charge in [0.15, 0.2) is 22.9 Å². The van der Waals surface area contributed by atoms with E-state index in [1.54, 1.807) is 7.11 Å². The molecule has 4 atom stereocenters. The number of carbonyl (C=O) groups is 1. The number of carbonyl (C=O) groups excluding carboxylic acids is 1. The number of hydrogen-bond acceptors (Lipinski definition) is 5. The lowest BCUT2D eigenvalue weighted by molar-refractivity contribution is -0.231. The standard InChI is InChI=1S/C29H35NO4/c1-4-5-17-33-28-14-13-24(31)29(19-20-9-7-6-8-10-20)27(28)15-16-30(2)23(28)18-21-11-12-22(32-3)26(34-29)25(21)27/h6-12,23H,4-5,13-19H2,1-3H3/t23-,27-,28-,29?/m1/s1. The number of likely N-dealkylation sites (tertiary alicyclic amines) is 1. The van der Waals surface area contributed by atoms with E-state index in [1.807, 2.05) is 24.3 Å². The highest BCUT2D eigenvalue weighted by molar-refractivity contribution is 5.95. The Morgan fingerprint density at radius 2 is 1.97 bits per heavy atom. The van der Waals surface area contributed by atoms with Gasteiger partial charge in [-0.25, -0.2) is 0 Å². The summed E-state index contributed by atoms with van der Waals surface area (Å²) in [5, 5.41) is 0. The molecule has 2 bridgehead atoms. The Balaban J connectivity index is 1.64. The van der Waals surface area contributed by atoms with Gasteiger partial charge in [-0.15, -0.1) is 0 Å². The normalized spacial score (nSPS) is 33.4. The minimum absolute atomic E-state index is 0.209. The van der Waals surface area contributed by atoms with E-state index in [4.69, 9.17) is 14.2 Å². The molecule has 2 aromatic carbocycles. The van der Waals surface area contributed by atoms with Crippen LogP contribution in [0.4, 0.5) is 0 Å². The first-order valence-corrected chi connectivity index (χ1v) is 12.8. The fourth-order valence-corrected chi connectivity index (χ4v) is 7.76. The van der Waals surface area contributed by atoms with Crippen molar-refractivity contribution in [1.82, 2.24) is 4.90 Å². The SMILES string of the molecule is CCCCO[C@@]12CCC(=O)C3(Cc4ccccc4)Oc4c(OC)ccc5c4[C@@]31CCN(C)[C@@H]2C5. The molecule has 34 heavy (non-hydrogen) atoms. The van der Waals surface area contributed by atoms with Crippen molar-refractivity contribution in [3.8, 4) is 11.5 Å². The number of Topliss-reactive ketones (excluding diaryl/α,β-unsaturated/α-hetero) is 1. The van der Waals surface area contributed by atoms with Gasteiger partial charge in [0.05, 0.1) is 18.1 Å². The molecule has 1 saturated heterocycles. The second-order valence-corrected chi connectivity index (χ2v) is 10.6. The molecule has 0 radical (unpaired) electrons. The molecule has 2 heterocycles. The van der Waals surface area contributed by atoms with Crippen LogP contribution in [0.15, 0.2) is 42.5 Å². The molecular formula is C29H35NO4. The van der Waals surface area contributed by atoms with Crippen molar-refractivity contribution in [2.45, 2.75) is 74.5 Å². The zero-order valence-corrected chi connectivity index (χ0v) is 20.6. The Morgan fingerprint density at radius 3 is 2.74 bits per heavy atom. The van der Waals surface area contributed by atoms with Gasteiger partial charge in [-0.1, -0.05) is 49.7 Å². The highest BCUT2D eigenvalue weighted by Crippen LogP contribution is 2.70. The maximum Gasteiger partial charge on any atom is 0.183 e. The van der Waals surface area contributed by atoms with Crippen molar-refractivity contribution in [1.29, 1.82) is 0 Å². The summed E-state index contributed by atoms with van der Waals surface area (Å²) < 4.78 is 19.9. The third kappa shape index (κ3) is 2.60. The van der Waals surface area contributed by atoms with Crippen LogP contribution >= 0.6 is 0 Å². The van der Waals surface area contributed by atoms with Gasteiger partial charge in [0.1, 0.15) is 0 Å². The number of methoxy groups -OCH3 is 1. The fourth-order valence-electron chi connectivity index (χ4n) is 7.76. The Kier molecular flexibility index (Phi) is 5.09. The lowest BCUT2D eigenvalue weighted by atomic mass is 9.44. The third-order valence-electron chi connectivity index (χ3n) is 9.19. The van der Waals surface area contributed by atoms with E-state index in [9.17, 15) is 4.79 Å². The van der Waals surface area contributed by atoms with Crippen molar-refractivity contribution < 1.29 is 19.0 Å². The number of rotatable bonds is 7. The van der Waals surface area contributed by atoms with Crippen molar-refractivity contribution in [2.75, 3.05) is 27.3 Å². The smallest absolute Gasteiger partial charge is 0.183 e. The summed E-state index contributed by atoms with van der Waals surface area (Å²) in [6, 6.07) is 14.8. The van der Waals surface area contributed by atoms with Crippen LogP contribution in [0.1, 0.15) is 55.7 Å². The quantitative estimate of drug-likeness (QED) is 0.569. The monoisotopic (exact) mass is 461 g/mol.